The molecule has 0 saturated heterocycles. The van der Waals surface area contributed by atoms with Crippen molar-refractivity contribution in [1.82, 2.24) is 14.5 Å². The molecule has 0 bridgehead atoms. The van der Waals surface area contributed by atoms with Crippen LogP contribution in [0.2, 0.25) is 5.02 Å². The van der Waals surface area contributed by atoms with Gasteiger partial charge in [-0.25, -0.2) is 9.37 Å². The molecule has 0 spiro atoms. The molecule has 6 heteroatoms. The number of hydrogen-bond acceptors (Lipinski definition) is 2. The van der Waals surface area contributed by atoms with Gasteiger partial charge >= 0.3 is 0 Å². The first-order valence-corrected chi connectivity index (χ1v) is 10.5. The second kappa shape index (κ2) is 7.99. The number of aromatic amines is 1. The SMILES string of the molecule is Cc1c(/C=C(\C#N)c2nc3ccccc3[nH]2)c2ccccc2n1Cc1ccc(F)cc1Cl. The average molecular weight is 441 g/mol. The summed E-state index contributed by atoms with van der Waals surface area (Å²) in [6.07, 6.45) is 1.87. The van der Waals surface area contributed by atoms with Gasteiger partial charge in [-0.15, -0.1) is 0 Å². The third-order valence-electron chi connectivity index (χ3n) is 5.68. The molecule has 4 nitrogen and oxygen atoms in total. The minimum atomic E-state index is -0.360. The van der Waals surface area contributed by atoms with Gasteiger partial charge in [0.25, 0.3) is 0 Å². The number of fused-ring (bicyclic) bond motifs is 2. The predicted octanol–water partition coefficient (Wildman–Crippen LogP) is 6.73. The number of nitrogens with zero attached hydrogens (tertiary/aromatic N) is 3. The molecule has 0 saturated carbocycles. The van der Waals surface area contributed by atoms with Crippen LogP contribution in [0.3, 0.4) is 0 Å². The number of H-pyrrole nitrogens is 1. The first-order valence-electron chi connectivity index (χ1n) is 10.1. The van der Waals surface area contributed by atoms with Crippen LogP contribution in [-0.4, -0.2) is 14.5 Å². The van der Waals surface area contributed by atoms with Gasteiger partial charge in [-0.05, 0) is 48.9 Å². The van der Waals surface area contributed by atoms with Crippen molar-refractivity contribution in [2.24, 2.45) is 0 Å². The zero-order valence-electron chi connectivity index (χ0n) is 17.2. The van der Waals surface area contributed by atoms with Crippen LogP contribution in [0.25, 0.3) is 33.6 Å². The van der Waals surface area contributed by atoms with Crippen LogP contribution in [0.4, 0.5) is 4.39 Å². The molecule has 5 aromatic rings. The Kier molecular flexibility index (Phi) is 5.01. The number of halogens is 2. The quantitative estimate of drug-likeness (QED) is 0.315. The highest BCUT2D eigenvalue weighted by molar-refractivity contribution is 6.31. The number of rotatable bonds is 4. The van der Waals surface area contributed by atoms with E-state index in [1.54, 1.807) is 6.07 Å². The molecule has 3 aromatic carbocycles. The summed E-state index contributed by atoms with van der Waals surface area (Å²) in [5.41, 5.74) is 5.91. The first-order chi connectivity index (χ1) is 15.5. The van der Waals surface area contributed by atoms with Crippen LogP contribution in [-0.2, 0) is 6.54 Å². The molecular weight excluding hydrogens is 423 g/mol. The van der Waals surface area contributed by atoms with E-state index in [-0.39, 0.29) is 5.82 Å². The number of para-hydroxylation sites is 3. The number of allylic oxidation sites excluding steroid dienone is 1. The maximum Gasteiger partial charge on any atom is 0.149 e. The van der Waals surface area contributed by atoms with Gasteiger partial charge < -0.3 is 9.55 Å². The maximum atomic E-state index is 13.5. The fraction of sp³-hybridized carbons (Fsp3) is 0.0769. The number of nitriles is 1. The second-order valence-electron chi connectivity index (χ2n) is 7.61. The summed E-state index contributed by atoms with van der Waals surface area (Å²) in [6, 6.07) is 22.4. The topological polar surface area (TPSA) is 57.4 Å². The van der Waals surface area contributed by atoms with E-state index in [0.29, 0.717) is 23.0 Å². The van der Waals surface area contributed by atoms with Gasteiger partial charge in [-0.2, -0.15) is 5.26 Å². The summed E-state index contributed by atoms with van der Waals surface area (Å²) >= 11 is 6.29. The van der Waals surface area contributed by atoms with Crippen LogP contribution in [0, 0.1) is 24.1 Å². The lowest BCUT2D eigenvalue weighted by molar-refractivity contribution is 0.626. The second-order valence-corrected chi connectivity index (χ2v) is 8.02. The van der Waals surface area contributed by atoms with E-state index < -0.39 is 0 Å². The summed E-state index contributed by atoms with van der Waals surface area (Å²) in [4.78, 5) is 7.81. The minimum absolute atomic E-state index is 0.360. The van der Waals surface area contributed by atoms with Gasteiger partial charge in [0.1, 0.15) is 17.7 Å². The Morgan fingerprint density at radius 3 is 2.72 bits per heavy atom. The molecular formula is C26H18ClFN4. The fourth-order valence-electron chi connectivity index (χ4n) is 4.04. The number of imidazole rings is 1. The van der Waals surface area contributed by atoms with Crippen LogP contribution >= 0.6 is 11.6 Å². The smallest absolute Gasteiger partial charge is 0.149 e. The summed E-state index contributed by atoms with van der Waals surface area (Å²) in [5, 5.41) is 11.3. The molecule has 1 N–H and O–H groups in total. The standard InChI is InChI=1S/C26H18ClFN4/c1-16-21(12-18(14-29)26-30-23-7-3-4-8-24(23)31-26)20-6-2-5-9-25(20)32(16)15-17-10-11-19(28)13-22(17)27/h2-13H,15H2,1H3,(H,30,31)/b18-12+. The number of aromatic nitrogens is 3. The molecule has 0 aliphatic rings. The van der Waals surface area contributed by atoms with E-state index in [0.717, 1.165) is 38.8 Å². The third-order valence-corrected chi connectivity index (χ3v) is 6.03. The largest absolute Gasteiger partial charge is 0.340 e. The van der Waals surface area contributed by atoms with Crippen molar-refractivity contribution in [2.45, 2.75) is 13.5 Å². The van der Waals surface area contributed by atoms with Crippen molar-refractivity contribution in [1.29, 1.82) is 5.26 Å². The lowest BCUT2D eigenvalue weighted by Crippen LogP contribution is -2.03. The fourth-order valence-corrected chi connectivity index (χ4v) is 4.27. The molecule has 2 heterocycles. The molecule has 0 atom stereocenters. The number of nitrogens with one attached hydrogen (secondary N) is 1. The van der Waals surface area contributed by atoms with Crippen LogP contribution in [0.1, 0.15) is 22.6 Å². The van der Waals surface area contributed by atoms with E-state index >= 15 is 0 Å². The van der Waals surface area contributed by atoms with E-state index in [4.69, 9.17) is 11.6 Å². The predicted molar refractivity (Wildman–Crippen MR) is 127 cm³/mol. The molecule has 0 fully saturated rings. The highest BCUT2D eigenvalue weighted by Gasteiger charge is 2.16. The van der Waals surface area contributed by atoms with Crippen LogP contribution < -0.4 is 0 Å². The summed E-state index contributed by atoms with van der Waals surface area (Å²) in [7, 11) is 0. The van der Waals surface area contributed by atoms with E-state index in [9.17, 15) is 9.65 Å². The number of hydrogen-bond donors (Lipinski definition) is 1. The van der Waals surface area contributed by atoms with Crippen molar-refractivity contribution < 1.29 is 4.39 Å². The Hall–Kier alpha value is -3.88. The Labute approximate surface area is 189 Å². The van der Waals surface area contributed by atoms with Gasteiger partial charge in [0.15, 0.2) is 0 Å². The lowest BCUT2D eigenvalue weighted by Gasteiger charge is -2.10. The monoisotopic (exact) mass is 440 g/mol. The number of benzene rings is 3. The molecule has 2 aromatic heterocycles. The Morgan fingerprint density at radius 1 is 1.16 bits per heavy atom. The molecule has 0 aliphatic heterocycles. The highest BCUT2D eigenvalue weighted by atomic mass is 35.5. The molecule has 0 radical (unpaired) electrons. The molecule has 5 rings (SSSR count). The molecule has 0 aliphatic carbocycles. The zero-order valence-corrected chi connectivity index (χ0v) is 18.0. The summed E-state index contributed by atoms with van der Waals surface area (Å²) < 4.78 is 15.6. The summed E-state index contributed by atoms with van der Waals surface area (Å²) in [5.74, 6) is 0.174. The van der Waals surface area contributed by atoms with Gasteiger partial charge in [-0.1, -0.05) is 48.0 Å². The van der Waals surface area contributed by atoms with E-state index in [1.165, 1.54) is 12.1 Å². The average Bonchev–Trinajstić information content (AvgIpc) is 3.33. The van der Waals surface area contributed by atoms with Crippen molar-refractivity contribution in [3.05, 3.63) is 100 Å². The molecule has 0 amide bonds. The van der Waals surface area contributed by atoms with Gasteiger partial charge in [-0.3, -0.25) is 0 Å². The lowest BCUT2D eigenvalue weighted by atomic mass is 10.1. The van der Waals surface area contributed by atoms with Crippen molar-refractivity contribution in [3.8, 4) is 6.07 Å². The normalized spacial score (nSPS) is 11.9. The van der Waals surface area contributed by atoms with E-state index in [1.807, 2.05) is 61.5 Å². The van der Waals surface area contributed by atoms with Crippen molar-refractivity contribution >= 4 is 45.2 Å². The molecule has 156 valence electrons. The van der Waals surface area contributed by atoms with Crippen molar-refractivity contribution in [2.75, 3.05) is 0 Å². The van der Waals surface area contributed by atoms with Gasteiger partial charge in [0, 0.05) is 33.7 Å². The van der Waals surface area contributed by atoms with Crippen LogP contribution in [0.5, 0.6) is 0 Å². The Morgan fingerprint density at radius 2 is 1.94 bits per heavy atom. The highest BCUT2D eigenvalue weighted by Crippen LogP contribution is 2.31. The first kappa shape index (κ1) is 20.0. The summed E-state index contributed by atoms with van der Waals surface area (Å²) in [6.45, 7) is 2.50. The minimum Gasteiger partial charge on any atom is -0.340 e. The van der Waals surface area contributed by atoms with Crippen LogP contribution in [0.15, 0.2) is 66.7 Å². The van der Waals surface area contributed by atoms with Crippen molar-refractivity contribution in [3.63, 3.8) is 0 Å². The third kappa shape index (κ3) is 3.45. The molecule has 0 unspecified atom stereocenters. The molecule has 32 heavy (non-hydrogen) atoms. The Bertz CT molecular complexity index is 1520. The van der Waals surface area contributed by atoms with Gasteiger partial charge in [0.05, 0.1) is 16.6 Å². The van der Waals surface area contributed by atoms with Gasteiger partial charge in [0.2, 0.25) is 0 Å². The zero-order chi connectivity index (χ0) is 22.2. The van der Waals surface area contributed by atoms with E-state index in [2.05, 4.69) is 20.6 Å². The Balaban J connectivity index is 1.65. The maximum absolute atomic E-state index is 13.5.